The number of aliphatic hydroxyl groups excluding tert-OH is 1. The Kier molecular flexibility index (Phi) is 32.3. The first-order valence-electron chi connectivity index (χ1n) is 30.8. The second-order valence-corrected chi connectivity index (χ2v) is 26.9. The number of likely N-dealkylation sites (N-methyl/N-ethyl adjacent to an activating group) is 1. The zero-order chi connectivity index (χ0) is 65.5. The summed E-state index contributed by atoms with van der Waals surface area (Å²) in [6.45, 7) is 31.6. The van der Waals surface area contributed by atoms with Gasteiger partial charge < -0.3 is 62.8 Å². The van der Waals surface area contributed by atoms with Crippen LogP contribution in [0.1, 0.15) is 189 Å². The summed E-state index contributed by atoms with van der Waals surface area (Å²) in [4.78, 5) is 154. The molecule has 1 aliphatic heterocycles. The number of ketones is 1. The molecule has 1 saturated heterocycles. The third-order valence-electron chi connectivity index (χ3n) is 15.1. The summed E-state index contributed by atoms with van der Waals surface area (Å²) in [7, 11) is 3.78. The van der Waals surface area contributed by atoms with E-state index in [-0.39, 0.29) is 85.5 Å². The summed E-state index contributed by atoms with van der Waals surface area (Å²) >= 11 is 0. The molecule has 0 aromatic rings. The average Bonchev–Trinajstić information content (AvgIpc) is 3.42. The van der Waals surface area contributed by atoms with Gasteiger partial charge in [0, 0.05) is 44.9 Å². The van der Waals surface area contributed by atoms with Crippen LogP contribution in [-0.4, -0.2) is 172 Å². The molecule has 486 valence electrons. The van der Waals surface area contributed by atoms with Gasteiger partial charge in [-0.05, 0) is 136 Å². The number of hydrogen-bond donors (Lipinski definition) is 10. The van der Waals surface area contributed by atoms with Crippen LogP contribution in [0.5, 0.6) is 0 Å². The van der Waals surface area contributed by atoms with Crippen molar-refractivity contribution >= 4 is 64.9 Å². The highest BCUT2D eigenvalue weighted by Crippen LogP contribution is 2.25. The van der Waals surface area contributed by atoms with E-state index >= 15 is 0 Å². The fourth-order valence-corrected chi connectivity index (χ4v) is 9.66. The van der Waals surface area contributed by atoms with Crippen molar-refractivity contribution in [3.05, 3.63) is 12.2 Å². The number of carbonyl (C=O) groups excluding carboxylic acids is 11. The number of Topliss-reactive ketones (excluding diaryl/α,β-unsaturated/α-hetero) is 1. The number of rotatable bonds is 37. The van der Waals surface area contributed by atoms with E-state index in [1.807, 2.05) is 81.3 Å². The summed E-state index contributed by atoms with van der Waals surface area (Å²) in [5.74, 6) is -7.31. The molecule has 0 saturated carbocycles. The molecule has 0 aromatic carbocycles. The predicted octanol–water partition coefficient (Wildman–Crippen LogP) is 3.31. The van der Waals surface area contributed by atoms with Gasteiger partial charge in [0.15, 0.2) is 0 Å². The molecular weight excluding hydrogens is 1090 g/mol. The zero-order valence-electron chi connectivity index (χ0n) is 55.2. The molecule has 1 aliphatic rings. The van der Waals surface area contributed by atoms with Gasteiger partial charge in [-0.1, -0.05) is 95.1 Å². The molecule has 0 aromatic heterocycles. The molecule has 1 heterocycles. The van der Waals surface area contributed by atoms with Gasteiger partial charge in [-0.15, -0.1) is 0 Å². The van der Waals surface area contributed by atoms with Crippen LogP contribution in [0.2, 0.25) is 0 Å². The Hall–Kier alpha value is -5.97. The number of amides is 10. The van der Waals surface area contributed by atoms with Gasteiger partial charge in [-0.25, -0.2) is 0 Å². The molecule has 1 rings (SSSR count). The van der Waals surface area contributed by atoms with Crippen molar-refractivity contribution in [1.82, 2.24) is 57.7 Å². The average molecular weight is 1200 g/mol. The maximum Gasteiger partial charge on any atom is 0.246 e. The molecular formula is C62H111N11O12. The van der Waals surface area contributed by atoms with Gasteiger partial charge in [0.2, 0.25) is 59.1 Å². The second kappa shape index (κ2) is 35.6. The number of nitrogens with one attached hydrogen (secondary N) is 9. The Morgan fingerprint density at radius 1 is 0.635 bits per heavy atom. The van der Waals surface area contributed by atoms with Gasteiger partial charge in [-0.2, -0.15) is 0 Å². The minimum absolute atomic E-state index is 0.0122. The van der Waals surface area contributed by atoms with Crippen LogP contribution < -0.4 is 47.9 Å². The first-order valence-corrected chi connectivity index (χ1v) is 30.8. The third-order valence-corrected chi connectivity index (χ3v) is 15.1. The van der Waals surface area contributed by atoms with E-state index in [2.05, 4.69) is 47.9 Å². The first-order chi connectivity index (χ1) is 39.2. The summed E-state index contributed by atoms with van der Waals surface area (Å²) in [6.07, 6.45) is 5.10. The van der Waals surface area contributed by atoms with E-state index in [4.69, 9.17) is 0 Å². The highest BCUT2D eigenvalue weighted by atomic mass is 16.3. The molecule has 23 nitrogen and oxygen atoms in total. The highest BCUT2D eigenvalue weighted by molar-refractivity contribution is 6.00. The molecule has 10 N–H and O–H groups in total. The van der Waals surface area contributed by atoms with Crippen LogP contribution in [0.25, 0.3) is 0 Å². The van der Waals surface area contributed by atoms with Crippen LogP contribution in [0.4, 0.5) is 0 Å². The summed E-state index contributed by atoms with van der Waals surface area (Å²) in [6, 6.07) is -6.34. The van der Waals surface area contributed by atoms with Crippen molar-refractivity contribution in [3.63, 3.8) is 0 Å². The van der Waals surface area contributed by atoms with E-state index in [9.17, 15) is 57.8 Å². The molecule has 0 bridgehead atoms. The maximum absolute atomic E-state index is 14.5. The van der Waals surface area contributed by atoms with Gasteiger partial charge in [0.05, 0.1) is 6.10 Å². The van der Waals surface area contributed by atoms with Gasteiger partial charge in [0.25, 0.3) is 0 Å². The van der Waals surface area contributed by atoms with E-state index in [0.29, 0.717) is 45.2 Å². The molecule has 85 heavy (non-hydrogen) atoms. The van der Waals surface area contributed by atoms with Crippen molar-refractivity contribution in [1.29, 1.82) is 0 Å². The summed E-state index contributed by atoms with van der Waals surface area (Å²) in [5.41, 5.74) is -4.88. The smallest absolute Gasteiger partial charge is 0.246 e. The molecule has 10 atom stereocenters. The van der Waals surface area contributed by atoms with E-state index in [1.165, 1.54) is 52.5 Å². The van der Waals surface area contributed by atoms with Crippen molar-refractivity contribution in [2.45, 2.75) is 248 Å². The Labute approximate surface area is 507 Å². The SMILES string of the molecule is CCC(=O)CCCC(C)CC(NC(=O)C1CC(C)CN1C(=O)/C=C/[C@H](C)CC)C(=O)NC(C(=O)NC(C)(C)C(=O)NC(CC(C)C)C(=O)NC(CC(C)C)C(=O)NC(C)(C)C(=O)NC(C)(C)C(=O)NCCC(=O)NC(C)CN(C)C)C(O)C(C)C. The maximum atomic E-state index is 14.5. The van der Waals surface area contributed by atoms with Crippen LogP contribution in [-0.2, 0) is 52.7 Å². The van der Waals surface area contributed by atoms with Crippen molar-refractivity contribution in [2.75, 3.05) is 33.7 Å². The number of hydrogen-bond acceptors (Lipinski definition) is 13. The van der Waals surface area contributed by atoms with Crippen molar-refractivity contribution in [3.8, 4) is 0 Å². The normalized spacial score (nSPS) is 17.7. The Balaban J connectivity index is 3.41. The van der Waals surface area contributed by atoms with Crippen LogP contribution in [0, 0.1) is 35.5 Å². The molecule has 1 fully saturated rings. The summed E-state index contributed by atoms with van der Waals surface area (Å²) in [5, 5.41) is 36.2. The van der Waals surface area contributed by atoms with E-state index in [1.54, 1.807) is 26.8 Å². The number of nitrogens with zero attached hydrogens (tertiary/aromatic N) is 2. The topological polar surface area (TPSA) is 323 Å². The lowest BCUT2D eigenvalue weighted by Crippen LogP contribution is -2.66. The molecule has 9 unspecified atom stereocenters. The first kappa shape index (κ1) is 77.0. The lowest BCUT2D eigenvalue weighted by molar-refractivity contribution is -0.140. The lowest BCUT2D eigenvalue weighted by Gasteiger charge is -2.34. The quantitative estimate of drug-likeness (QED) is 0.0400. The van der Waals surface area contributed by atoms with E-state index in [0.717, 1.165) is 6.42 Å². The van der Waals surface area contributed by atoms with E-state index < -0.39 is 106 Å². The molecule has 23 heteroatoms. The fraction of sp³-hybridized carbons (Fsp3) is 0.790. The number of aliphatic hydroxyl groups is 1. The number of carbonyl (C=O) groups is 11. The van der Waals surface area contributed by atoms with Crippen molar-refractivity contribution < 1.29 is 57.8 Å². The van der Waals surface area contributed by atoms with Crippen LogP contribution >= 0.6 is 0 Å². The highest BCUT2D eigenvalue weighted by Gasteiger charge is 2.43. The van der Waals surface area contributed by atoms with Crippen LogP contribution in [0.3, 0.4) is 0 Å². The minimum atomic E-state index is -1.79. The Morgan fingerprint density at radius 3 is 1.71 bits per heavy atom. The molecule has 0 aliphatic carbocycles. The molecule has 10 amide bonds. The van der Waals surface area contributed by atoms with Gasteiger partial charge >= 0.3 is 0 Å². The van der Waals surface area contributed by atoms with Crippen molar-refractivity contribution in [2.24, 2.45) is 35.5 Å². The fourth-order valence-electron chi connectivity index (χ4n) is 9.66. The summed E-state index contributed by atoms with van der Waals surface area (Å²) < 4.78 is 0. The largest absolute Gasteiger partial charge is 0.390 e. The molecule has 0 spiro atoms. The Bertz CT molecular complexity index is 2300. The van der Waals surface area contributed by atoms with Crippen LogP contribution in [0.15, 0.2) is 12.2 Å². The van der Waals surface area contributed by atoms with Gasteiger partial charge in [0.1, 0.15) is 52.6 Å². The minimum Gasteiger partial charge on any atom is -0.390 e. The predicted molar refractivity (Wildman–Crippen MR) is 329 cm³/mol. The standard InChI is InChI=1S/C62H111N11O12/c1-21-39(9)26-27-49(76)73-34-41(11)33-47(73)55(81)66-46(32-40(10)24-23-25-43(74)22-2)53(79)68-50(51(77)38(7)8)56(82)70-61(15,16)58(84)67-44(30-36(3)4)52(78)65-45(31-37(5)6)54(80)69-62(17,18)59(85)71-60(13,14)57(83)63-29-28-48(75)64-42(12)35-72(19)20/h26-27,36-42,44-47,50-51,77H,21-25,28-35H2,1-20H3,(H,63,83)(H,64,75)(H,65,78)(H,66,81)(H,67,84)(H,68,79)(H,69,80)(H,70,82)(H,71,85)/b27-26+/t39-,40?,41?,42?,44?,45?,46?,47?,50?,51?/m1/s1. The Morgan fingerprint density at radius 2 is 1.16 bits per heavy atom. The number of allylic oxidation sites excluding steroid dienone is 1. The number of likely N-dealkylation sites (tertiary alicyclic amines) is 1. The third kappa shape index (κ3) is 27.5. The zero-order valence-corrected chi connectivity index (χ0v) is 55.2. The monoisotopic (exact) mass is 1200 g/mol. The van der Waals surface area contributed by atoms with Gasteiger partial charge in [-0.3, -0.25) is 52.7 Å². The second-order valence-electron chi connectivity index (χ2n) is 26.9. The lowest BCUT2D eigenvalue weighted by atomic mass is 9.93. The molecule has 0 radical (unpaired) electrons.